The van der Waals surface area contributed by atoms with Gasteiger partial charge in [-0.15, -0.1) is 10.2 Å². The third kappa shape index (κ3) is 3.35. The summed E-state index contributed by atoms with van der Waals surface area (Å²) in [5.74, 6) is 1.81. The van der Waals surface area contributed by atoms with E-state index < -0.39 is 0 Å². The Labute approximate surface area is 145 Å². The third-order valence-electron chi connectivity index (χ3n) is 4.25. The quantitative estimate of drug-likeness (QED) is 0.770. The molecule has 1 aliphatic rings. The summed E-state index contributed by atoms with van der Waals surface area (Å²) >= 11 is 0. The molecule has 3 heterocycles. The van der Waals surface area contributed by atoms with Gasteiger partial charge in [0.15, 0.2) is 5.82 Å². The molecule has 1 atom stereocenters. The lowest BCUT2D eigenvalue weighted by atomic mass is 10.1. The maximum absolute atomic E-state index is 12.2. The number of aromatic nitrogens is 4. The number of anilines is 1. The van der Waals surface area contributed by atoms with Crippen LogP contribution in [0.5, 0.6) is 0 Å². The summed E-state index contributed by atoms with van der Waals surface area (Å²) < 4.78 is 2.09. The number of rotatable bonds is 3. The predicted molar refractivity (Wildman–Crippen MR) is 94.0 cm³/mol. The highest BCUT2D eigenvalue weighted by molar-refractivity contribution is 5.89. The molecule has 25 heavy (non-hydrogen) atoms. The number of amides is 2. The van der Waals surface area contributed by atoms with Gasteiger partial charge in [-0.2, -0.15) is 0 Å². The lowest BCUT2D eigenvalue weighted by molar-refractivity contribution is 0.244. The van der Waals surface area contributed by atoms with Gasteiger partial charge < -0.3 is 15.2 Å². The van der Waals surface area contributed by atoms with Crippen molar-refractivity contribution < 1.29 is 4.79 Å². The predicted octanol–water partition coefficient (Wildman–Crippen LogP) is 2.48. The van der Waals surface area contributed by atoms with E-state index in [1.54, 1.807) is 24.5 Å². The minimum Gasteiger partial charge on any atom is -0.333 e. The fourth-order valence-corrected chi connectivity index (χ4v) is 3.03. The van der Waals surface area contributed by atoms with E-state index in [4.69, 9.17) is 0 Å². The zero-order valence-corrected chi connectivity index (χ0v) is 13.6. The van der Waals surface area contributed by atoms with Crippen molar-refractivity contribution in [2.45, 2.75) is 25.4 Å². The number of nitrogens with one attached hydrogen (secondary N) is 2. The lowest BCUT2D eigenvalue weighted by Gasteiger charge is -2.25. The van der Waals surface area contributed by atoms with Gasteiger partial charge in [-0.05, 0) is 18.6 Å². The number of benzene rings is 1. The highest BCUT2D eigenvalue weighted by Gasteiger charge is 2.24. The molecule has 7 nitrogen and oxygen atoms in total. The molecule has 4 rings (SSSR count). The van der Waals surface area contributed by atoms with Gasteiger partial charge >= 0.3 is 6.03 Å². The van der Waals surface area contributed by atoms with Crippen LogP contribution in [-0.2, 0) is 13.0 Å². The van der Waals surface area contributed by atoms with Crippen molar-refractivity contribution in [2.75, 3.05) is 5.32 Å². The first-order valence-corrected chi connectivity index (χ1v) is 8.24. The molecule has 0 saturated carbocycles. The molecule has 1 aliphatic heterocycles. The highest BCUT2D eigenvalue weighted by Crippen LogP contribution is 2.22. The SMILES string of the molecule is O=C(Nc1ccncc1)NC1CCc2nnc(-c3ccccc3)n2C1. The number of fused-ring (bicyclic) bond motifs is 1. The number of hydrogen-bond donors (Lipinski definition) is 2. The zero-order valence-electron chi connectivity index (χ0n) is 13.6. The summed E-state index contributed by atoms with van der Waals surface area (Å²) in [6.07, 6.45) is 4.92. The van der Waals surface area contributed by atoms with Crippen molar-refractivity contribution in [3.63, 3.8) is 0 Å². The largest absolute Gasteiger partial charge is 0.333 e. The molecule has 0 fully saturated rings. The monoisotopic (exact) mass is 334 g/mol. The Morgan fingerprint density at radius 2 is 1.88 bits per heavy atom. The number of hydrogen-bond acceptors (Lipinski definition) is 4. The fraction of sp³-hybridized carbons (Fsp3) is 0.222. The van der Waals surface area contributed by atoms with Gasteiger partial charge in [0.05, 0.1) is 0 Å². The van der Waals surface area contributed by atoms with Gasteiger partial charge in [0, 0.05) is 42.7 Å². The van der Waals surface area contributed by atoms with Gasteiger partial charge in [-0.25, -0.2) is 4.79 Å². The number of aryl methyl sites for hydroxylation is 1. The molecule has 0 bridgehead atoms. The summed E-state index contributed by atoms with van der Waals surface area (Å²) in [6, 6.07) is 13.3. The van der Waals surface area contributed by atoms with E-state index in [0.29, 0.717) is 6.54 Å². The van der Waals surface area contributed by atoms with Gasteiger partial charge in [0.25, 0.3) is 0 Å². The van der Waals surface area contributed by atoms with Gasteiger partial charge in [0.2, 0.25) is 0 Å². The van der Waals surface area contributed by atoms with E-state index in [-0.39, 0.29) is 12.1 Å². The minimum absolute atomic E-state index is 0.0350. The molecular formula is C18H18N6O. The van der Waals surface area contributed by atoms with Crippen LogP contribution >= 0.6 is 0 Å². The van der Waals surface area contributed by atoms with Crippen LogP contribution in [0.15, 0.2) is 54.9 Å². The van der Waals surface area contributed by atoms with E-state index in [1.807, 2.05) is 30.3 Å². The molecule has 0 aliphatic carbocycles. The molecule has 0 saturated heterocycles. The lowest BCUT2D eigenvalue weighted by Crippen LogP contribution is -2.43. The molecule has 1 aromatic carbocycles. The molecule has 2 amide bonds. The van der Waals surface area contributed by atoms with Crippen LogP contribution in [-0.4, -0.2) is 31.8 Å². The summed E-state index contributed by atoms with van der Waals surface area (Å²) in [5, 5.41) is 14.5. The molecule has 2 N–H and O–H groups in total. The second-order valence-corrected chi connectivity index (χ2v) is 5.99. The van der Waals surface area contributed by atoms with Crippen molar-refractivity contribution in [1.29, 1.82) is 0 Å². The second kappa shape index (κ2) is 6.72. The number of pyridine rings is 1. The van der Waals surface area contributed by atoms with Crippen LogP contribution in [0.25, 0.3) is 11.4 Å². The van der Waals surface area contributed by atoms with Crippen LogP contribution in [0.3, 0.4) is 0 Å². The van der Waals surface area contributed by atoms with E-state index in [2.05, 4.69) is 30.4 Å². The van der Waals surface area contributed by atoms with E-state index in [1.165, 1.54) is 0 Å². The number of urea groups is 1. The average Bonchev–Trinajstić information content (AvgIpc) is 3.06. The summed E-state index contributed by atoms with van der Waals surface area (Å²) in [6.45, 7) is 0.663. The zero-order chi connectivity index (χ0) is 17.1. The van der Waals surface area contributed by atoms with E-state index >= 15 is 0 Å². The standard InChI is InChI=1S/C18H18N6O/c25-18(20-14-8-10-19-11-9-14)21-15-6-7-16-22-23-17(24(16)12-15)13-4-2-1-3-5-13/h1-5,8-11,15H,6-7,12H2,(H2,19,20,21,25). The van der Waals surface area contributed by atoms with Crippen molar-refractivity contribution in [3.8, 4) is 11.4 Å². The molecule has 2 aromatic heterocycles. The minimum atomic E-state index is -0.214. The Morgan fingerprint density at radius 3 is 2.68 bits per heavy atom. The second-order valence-electron chi connectivity index (χ2n) is 5.99. The molecule has 0 spiro atoms. The Bertz CT molecular complexity index is 862. The van der Waals surface area contributed by atoms with Crippen LogP contribution in [0.1, 0.15) is 12.2 Å². The molecule has 3 aromatic rings. The fourth-order valence-electron chi connectivity index (χ4n) is 3.03. The Morgan fingerprint density at radius 1 is 1.08 bits per heavy atom. The average molecular weight is 334 g/mol. The highest BCUT2D eigenvalue weighted by atomic mass is 16.2. The van der Waals surface area contributed by atoms with E-state index in [9.17, 15) is 4.79 Å². The van der Waals surface area contributed by atoms with Crippen LogP contribution < -0.4 is 10.6 Å². The first-order chi connectivity index (χ1) is 12.3. The van der Waals surface area contributed by atoms with Crippen molar-refractivity contribution in [1.82, 2.24) is 25.1 Å². The normalized spacial score (nSPS) is 16.1. The number of nitrogens with zero attached hydrogens (tertiary/aromatic N) is 4. The topological polar surface area (TPSA) is 84.7 Å². The van der Waals surface area contributed by atoms with Gasteiger partial charge in [-0.1, -0.05) is 30.3 Å². The summed E-state index contributed by atoms with van der Waals surface area (Å²) in [5.41, 5.74) is 1.75. The first-order valence-electron chi connectivity index (χ1n) is 8.24. The first kappa shape index (κ1) is 15.3. The Kier molecular flexibility index (Phi) is 4.12. The van der Waals surface area contributed by atoms with E-state index in [0.717, 1.165) is 35.7 Å². The smallest absolute Gasteiger partial charge is 0.319 e. The summed E-state index contributed by atoms with van der Waals surface area (Å²) in [4.78, 5) is 16.1. The third-order valence-corrected chi connectivity index (χ3v) is 4.25. The number of carbonyl (C=O) groups excluding carboxylic acids is 1. The van der Waals surface area contributed by atoms with Gasteiger partial charge in [0.1, 0.15) is 5.82 Å². The summed E-state index contributed by atoms with van der Waals surface area (Å²) in [7, 11) is 0. The maximum atomic E-state index is 12.2. The van der Waals surface area contributed by atoms with Crippen LogP contribution in [0.4, 0.5) is 10.5 Å². The Hall–Kier alpha value is -3.22. The maximum Gasteiger partial charge on any atom is 0.319 e. The molecular weight excluding hydrogens is 316 g/mol. The molecule has 7 heteroatoms. The van der Waals surface area contributed by atoms with Crippen molar-refractivity contribution in [3.05, 3.63) is 60.7 Å². The van der Waals surface area contributed by atoms with Crippen LogP contribution in [0.2, 0.25) is 0 Å². The Balaban J connectivity index is 1.46. The molecule has 1 unspecified atom stereocenters. The molecule has 126 valence electrons. The van der Waals surface area contributed by atoms with Crippen LogP contribution in [0, 0.1) is 0 Å². The van der Waals surface area contributed by atoms with Gasteiger partial charge in [-0.3, -0.25) is 4.98 Å². The van der Waals surface area contributed by atoms with Crippen molar-refractivity contribution >= 4 is 11.7 Å². The van der Waals surface area contributed by atoms with Crippen molar-refractivity contribution in [2.24, 2.45) is 0 Å². The number of carbonyl (C=O) groups is 1. The molecule has 0 radical (unpaired) electrons.